The van der Waals surface area contributed by atoms with Crippen molar-refractivity contribution in [1.29, 1.82) is 0 Å². The van der Waals surface area contributed by atoms with Crippen LogP contribution >= 0.6 is 0 Å². The van der Waals surface area contributed by atoms with Gasteiger partial charge in [0.2, 0.25) is 0 Å². The minimum atomic E-state index is -0.0703. The molecule has 0 saturated heterocycles. The van der Waals surface area contributed by atoms with Crippen molar-refractivity contribution >= 4 is 0 Å². The second kappa shape index (κ2) is 3.93. The third kappa shape index (κ3) is 1.91. The molecule has 1 saturated carbocycles. The molecule has 4 heteroatoms. The number of rotatable bonds is 3. The molecule has 1 heterocycles. The maximum absolute atomic E-state index is 5.78. The zero-order valence-electron chi connectivity index (χ0n) is 9.61. The highest BCUT2D eigenvalue weighted by Gasteiger charge is 2.28. The fourth-order valence-electron chi connectivity index (χ4n) is 2.27. The van der Waals surface area contributed by atoms with Crippen molar-refractivity contribution in [3.63, 3.8) is 0 Å². The van der Waals surface area contributed by atoms with Crippen molar-refractivity contribution in [3.8, 4) is 0 Å². The van der Waals surface area contributed by atoms with Crippen LogP contribution in [0.15, 0.2) is 6.33 Å². The molecule has 1 aromatic heterocycles. The van der Waals surface area contributed by atoms with Crippen LogP contribution in [0.1, 0.15) is 51.4 Å². The van der Waals surface area contributed by atoms with Gasteiger partial charge in [-0.25, -0.2) is 0 Å². The lowest BCUT2D eigenvalue weighted by molar-refractivity contribution is 0.420. The molecule has 0 unspecified atom stereocenters. The molecule has 84 valence electrons. The summed E-state index contributed by atoms with van der Waals surface area (Å²) in [4.78, 5) is 0. The summed E-state index contributed by atoms with van der Waals surface area (Å²) in [7, 11) is 0. The van der Waals surface area contributed by atoms with Gasteiger partial charge in [0.1, 0.15) is 12.2 Å². The second-order valence-electron chi connectivity index (χ2n) is 5.09. The third-order valence-electron chi connectivity index (χ3n) is 3.41. The molecule has 1 aliphatic carbocycles. The summed E-state index contributed by atoms with van der Waals surface area (Å²) in [6, 6.07) is 0.598. The summed E-state index contributed by atoms with van der Waals surface area (Å²) in [5.74, 6) is 1.04. The van der Waals surface area contributed by atoms with Crippen LogP contribution in [0.4, 0.5) is 0 Å². The Kier molecular flexibility index (Phi) is 2.78. The van der Waals surface area contributed by atoms with Crippen LogP contribution in [0.2, 0.25) is 0 Å². The Labute approximate surface area is 90.9 Å². The smallest absolute Gasteiger partial charge is 0.140 e. The maximum Gasteiger partial charge on any atom is 0.140 e. The first kappa shape index (κ1) is 10.6. The Balaban J connectivity index is 2.28. The van der Waals surface area contributed by atoms with E-state index in [2.05, 4.69) is 28.6 Å². The average Bonchev–Trinajstić information content (AvgIpc) is 2.87. The van der Waals surface area contributed by atoms with Crippen molar-refractivity contribution < 1.29 is 0 Å². The van der Waals surface area contributed by atoms with Gasteiger partial charge in [-0.2, -0.15) is 0 Å². The van der Waals surface area contributed by atoms with Crippen LogP contribution in [-0.2, 0) is 5.41 Å². The summed E-state index contributed by atoms with van der Waals surface area (Å²) in [5.41, 5.74) is 5.71. The predicted molar refractivity (Wildman–Crippen MR) is 59.6 cm³/mol. The Morgan fingerprint density at radius 3 is 2.73 bits per heavy atom. The molecular formula is C11H20N4. The van der Waals surface area contributed by atoms with Gasteiger partial charge in [-0.15, -0.1) is 10.2 Å². The Bertz CT molecular complexity index is 323. The zero-order chi connectivity index (χ0) is 10.9. The first-order chi connectivity index (χ1) is 7.15. The van der Waals surface area contributed by atoms with Crippen molar-refractivity contribution in [2.45, 2.75) is 51.0 Å². The fourth-order valence-corrected chi connectivity index (χ4v) is 2.27. The maximum atomic E-state index is 5.78. The molecule has 0 atom stereocenters. The topological polar surface area (TPSA) is 56.7 Å². The van der Waals surface area contributed by atoms with Crippen LogP contribution in [0.5, 0.6) is 0 Å². The van der Waals surface area contributed by atoms with E-state index in [-0.39, 0.29) is 5.41 Å². The van der Waals surface area contributed by atoms with Gasteiger partial charge < -0.3 is 10.3 Å². The molecule has 2 rings (SSSR count). The molecule has 0 spiro atoms. The van der Waals surface area contributed by atoms with Crippen LogP contribution in [0, 0.1) is 0 Å². The van der Waals surface area contributed by atoms with E-state index in [4.69, 9.17) is 5.73 Å². The Hall–Kier alpha value is -0.900. The van der Waals surface area contributed by atoms with Gasteiger partial charge in [0.25, 0.3) is 0 Å². The SMILES string of the molecule is CC(C)(CN)c1nncn1C1CCCC1. The van der Waals surface area contributed by atoms with Gasteiger partial charge in [0.05, 0.1) is 0 Å². The van der Waals surface area contributed by atoms with E-state index in [1.807, 2.05) is 6.33 Å². The van der Waals surface area contributed by atoms with E-state index in [0.29, 0.717) is 12.6 Å². The van der Waals surface area contributed by atoms with Crippen LogP contribution in [-0.4, -0.2) is 21.3 Å². The first-order valence-corrected chi connectivity index (χ1v) is 5.75. The summed E-state index contributed by atoms with van der Waals surface area (Å²) >= 11 is 0. The quantitative estimate of drug-likeness (QED) is 0.821. The molecule has 0 aromatic carbocycles. The number of hydrogen-bond donors (Lipinski definition) is 1. The van der Waals surface area contributed by atoms with Gasteiger partial charge in [0.15, 0.2) is 0 Å². The lowest BCUT2D eigenvalue weighted by Gasteiger charge is -2.24. The van der Waals surface area contributed by atoms with E-state index < -0.39 is 0 Å². The van der Waals surface area contributed by atoms with Gasteiger partial charge in [0, 0.05) is 18.0 Å². The second-order valence-corrected chi connectivity index (χ2v) is 5.09. The normalized spacial score (nSPS) is 18.6. The van der Waals surface area contributed by atoms with Crippen LogP contribution in [0.3, 0.4) is 0 Å². The number of hydrogen-bond acceptors (Lipinski definition) is 3. The molecule has 4 nitrogen and oxygen atoms in total. The number of aromatic nitrogens is 3. The minimum Gasteiger partial charge on any atom is -0.329 e. The molecule has 0 aliphatic heterocycles. The predicted octanol–water partition coefficient (Wildman–Crippen LogP) is 1.63. The lowest BCUT2D eigenvalue weighted by Crippen LogP contribution is -2.32. The zero-order valence-corrected chi connectivity index (χ0v) is 9.61. The number of nitrogens with two attached hydrogens (primary N) is 1. The van der Waals surface area contributed by atoms with Crippen molar-refractivity contribution in [2.75, 3.05) is 6.54 Å². The van der Waals surface area contributed by atoms with E-state index in [1.54, 1.807) is 0 Å². The summed E-state index contributed by atoms with van der Waals surface area (Å²) < 4.78 is 2.24. The molecule has 1 fully saturated rings. The Morgan fingerprint density at radius 2 is 2.13 bits per heavy atom. The molecule has 1 aromatic rings. The first-order valence-electron chi connectivity index (χ1n) is 5.75. The van der Waals surface area contributed by atoms with E-state index >= 15 is 0 Å². The van der Waals surface area contributed by atoms with Gasteiger partial charge >= 0.3 is 0 Å². The molecule has 15 heavy (non-hydrogen) atoms. The molecule has 0 amide bonds. The molecule has 2 N–H and O–H groups in total. The van der Waals surface area contributed by atoms with E-state index in [1.165, 1.54) is 25.7 Å². The summed E-state index contributed by atoms with van der Waals surface area (Å²) in [5, 5.41) is 8.27. The Morgan fingerprint density at radius 1 is 1.47 bits per heavy atom. The van der Waals surface area contributed by atoms with E-state index in [0.717, 1.165) is 5.82 Å². The van der Waals surface area contributed by atoms with Gasteiger partial charge in [-0.1, -0.05) is 26.7 Å². The largest absolute Gasteiger partial charge is 0.329 e. The van der Waals surface area contributed by atoms with Crippen molar-refractivity contribution in [2.24, 2.45) is 5.73 Å². The van der Waals surface area contributed by atoms with Crippen molar-refractivity contribution in [1.82, 2.24) is 14.8 Å². The standard InChI is InChI=1S/C11H20N4/c1-11(2,7-12)10-14-13-8-15(10)9-5-3-4-6-9/h8-9H,3-7,12H2,1-2H3. The lowest BCUT2D eigenvalue weighted by atomic mass is 9.92. The highest BCUT2D eigenvalue weighted by molar-refractivity contribution is 5.06. The highest BCUT2D eigenvalue weighted by Crippen LogP contribution is 2.32. The van der Waals surface area contributed by atoms with Gasteiger partial charge in [-0.3, -0.25) is 0 Å². The highest BCUT2D eigenvalue weighted by atomic mass is 15.3. The molecule has 0 bridgehead atoms. The minimum absolute atomic E-state index is 0.0703. The molecule has 1 aliphatic rings. The third-order valence-corrected chi connectivity index (χ3v) is 3.41. The molecule has 0 radical (unpaired) electrons. The van der Waals surface area contributed by atoms with Crippen molar-refractivity contribution in [3.05, 3.63) is 12.2 Å². The summed E-state index contributed by atoms with van der Waals surface area (Å²) in [6.45, 7) is 4.86. The monoisotopic (exact) mass is 208 g/mol. The van der Waals surface area contributed by atoms with E-state index in [9.17, 15) is 0 Å². The molecular weight excluding hydrogens is 188 g/mol. The van der Waals surface area contributed by atoms with Crippen LogP contribution in [0.25, 0.3) is 0 Å². The number of nitrogens with zero attached hydrogens (tertiary/aromatic N) is 3. The summed E-state index contributed by atoms with van der Waals surface area (Å²) in [6.07, 6.45) is 7.02. The average molecular weight is 208 g/mol. The fraction of sp³-hybridized carbons (Fsp3) is 0.818. The van der Waals surface area contributed by atoms with Crippen LogP contribution < -0.4 is 5.73 Å². The van der Waals surface area contributed by atoms with Gasteiger partial charge in [-0.05, 0) is 12.8 Å².